The Kier molecular flexibility index (Phi) is 4.55. The summed E-state index contributed by atoms with van der Waals surface area (Å²) in [5, 5.41) is 22.2. The minimum absolute atomic E-state index is 0.128. The fourth-order valence-corrected chi connectivity index (χ4v) is 2.46. The van der Waals surface area contributed by atoms with Gasteiger partial charge in [0.05, 0.1) is 6.10 Å². The van der Waals surface area contributed by atoms with Gasteiger partial charge < -0.3 is 15.5 Å². The Labute approximate surface area is 107 Å². The zero-order chi connectivity index (χ0) is 13.0. The van der Waals surface area contributed by atoms with Gasteiger partial charge in [-0.2, -0.15) is 0 Å². The van der Waals surface area contributed by atoms with Crippen LogP contribution in [0.2, 0.25) is 0 Å². The van der Waals surface area contributed by atoms with E-state index in [0.717, 1.165) is 32.2 Å². The van der Waals surface area contributed by atoms with Gasteiger partial charge >= 0.3 is 0 Å². The van der Waals surface area contributed by atoms with Crippen LogP contribution in [-0.2, 0) is 6.54 Å². The minimum atomic E-state index is -0.328. The highest BCUT2D eigenvalue weighted by Gasteiger charge is 2.18. The van der Waals surface area contributed by atoms with E-state index in [0.29, 0.717) is 18.0 Å². The van der Waals surface area contributed by atoms with E-state index in [4.69, 9.17) is 0 Å². The maximum atomic E-state index is 13.0. The first-order valence-electron chi connectivity index (χ1n) is 6.51. The summed E-state index contributed by atoms with van der Waals surface area (Å²) in [7, 11) is 0. The summed E-state index contributed by atoms with van der Waals surface area (Å²) in [6, 6.07) is 3.98. The number of phenols is 1. The molecule has 0 saturated heterocycles. The smallest absolute Gasteiger partial charge is 0.123 e. The number of benzene rings is 1. The van der Waals surface area contributed by atoms with Crippen LogP contribution >= 0.6 is 0 Å². The van der Waals surface area contributed by atoms with Crippen LogP contribution in [0.1, 0.15) is 31.2 Å². The van der Waals surface area contributed by atoms with E-state index in [1.807, 2.05) is 0 Å². The summed E-state index contributed by atoms with van der Waals surface area (Å²) >= 11 is 0. The maximum absolute atomic E-state index is 13.0. The molecule has 1 aliphatic carbocycles. The number of halogens is 1. The molecule has 0 aliphatic heterocycles. The van der Waals surface area contributed by atoms with Crippen molar-refractivity contribution in [1.29, 1.82) is 0 Å². The van der Waals surface area contributed by atoms with Crippen LogP contribution < -0.4 is 5.32 Å². The van der Waals surface area contributed by atoms with Gasteiger partial charge in [-0.1, -0.05) is 0 Å². The van der Waals surface area contributed by atoms with E-state index in [2.05, 4.69) is 5.32 Å². The molecule has 1 aromatic rings. The second-order valence-corrected chi connectivity index (χ2v) is 5.08. The lowest BCUT2D eigenvalue weighted by Gasteiger charge is -2.25. The lowest BCUT2D eigenvalue weighted by atomic mass is 9.87. The highest BCUT2D eigenvalue weighted by atomic mass is 19.1. The second-order valence-electron chi connectivity index (χ2n) is 5.08. The van der Waals surface area contributed by atoms with Gasteiger partial charge in [0.2, 0.25) is 0 Å². The highest BCUT2D eigenvalue weighted by Crippen LogP contribution is 2.24. The van der Waals surface area contributed by atoms with Gasteiger partial charge in [-0.3, -0.25) is 0 Å². The molecule has 2 rings (SSSR count). The molecular formula is C14H20FNO2. The molecule has 0 unspecified atom stereocenters. The SMILES string of the molecule is Oc1ccc(F)cc1CNCC1CCC(O)CC1. The van der Waals surface area contributed by atoms with Gasteiger partial charge in [-0.05, 0) is 56.3 Å². The normalized spacial score (nSPS) is 24.1. The van der Waals surface area contributed by atoms with Crippen molar-refractivity contribution in [3.63, 3.8) is 0 Å². The second kappa shape index (κ2) is 6.16. The predicted octanol–water partition coefficient (Wildman–Crippen LogP) is 2.17. The Morgan fingerprint density at radius 3 is 2.67 bits per heavy atom. The number of aliphatic hydroxyl groups is 1. The molecule has 0 heterocycles. The Morgan fingerprint density at radius 1 is 1.22 bits per heavy atom. The molecule has 0 radical (unpaired) electrons. The van der Waals surface area contributed by atoms with Crippen LogP contribution in [0.25, 0.3) is 0 Å². The van der Waals surface area contributed by atoms with E-state index in [-0.39, 0.29) is 17.7 Å². The number of hydrogen-bond acceptors (Lipinski definition) is 3. The molecule has 18 heavy (non-hydrogen) atoms. The van der Waals surface area contributed by atoms with E-state index < -0.39 is 0 Å². The Balaban J connectivity index is 1.76. The molecule has 0 spiro atoms. The molecule has 100 valence electrons. The minimum Gasteiger partial charge on any atom is -0.508 e. The summed E-state index contributed by atoms with van der Waals surface area (Å²) in [6.07, 6.45) is 3.68. The third-order valence-electron chi connectivity index (χ3n) is 3.61. The van der Waals surface area contributed by atoms with E-state index >= 15 is 0 Å². The van der Waals surface area contributed by atoms with Crippen molar-refractivity contribution < 1.29 is 14.6 Å². The van der Waals surface area contributed by atoms with Crippen LogP contribution in [0.4, 0.5) is 4.39 Å². The Hall–Kier alpha value is -1.13. The van der Waals surface area contributed by atoms with Crippen LogP contribution in [0.3, 0.4) is 0 Å². The van der Waals surface area contributed by atoms with E-state index in [1.165, 1.54) is 18.2 Å². The van der Waals surface area contributed by atoms with Crippen LogP contribution in [-0.4, -0.2) is 22.9 Å². The summed E-state index contributed by atoms with van der Waals surface area (Å²) in [6.45, 7) is 1.32. The number of hydrogen-bond donors (Lipinski definition) is 3. The average Bonchev–Trinajstić information content (AvgIpc) is 2.36. The topological polar surface area (TPSA) is 52.5 Å². The van der Waals surface area contributed by atoms with Gasteiger partial charge in [0.1, 0.15) is 11.6 Å². The van der Waals surface area contributed by atoms with Crippen LogP contribution in [0, 0.1) is 11.7 Å². The van der Waals surface area contributed by atoms with Crippen molar-refractivity contribution in [3.05, 3.63) is 29.6 Å². The third-order valence-corrected chi connectivity index (χ3v) is 3.61. The number of rotatable bonds is 4. The summed E-state index contributed by atoms with van der Waals surface area (Å²) < 4.78 is 13.0. The molecule has 0 bridgehead atoms. The Morgan fingerprint density at radius 2 is 1.94 bits per heavy atom. The third kappa shape index (κ3) is 3.68. The molecule has 1 saturated carbocycles. The predicted molar refractivity (Wildman–Crippen MR) is 67.7 cm³/mol. The first-order chi connectivity index (χ1) is 8.65. The molecule has 1 fully saturated rings. The van der Waals surface area contributed by atoms with Crippen LogP contribution in [0.5, 0.6) is 5.75 Å². The van der Waals surface area contributed by atoms with Crippen molar-refractivity contribution in [2.24, 2.45) is 5.92 Å². The lowest BCUT2D eigenvalue weighted by Crippen LogP contribution is -2.27. The molecule has 4 heteroatoms. The molecule has 1 aromatic carbocycles. The van der Waals surface area contributed by atoms with Gasteiger partial charge in [0.25, 0.3) is 0 Å². The largest absolute Gasteiger partial charge is 0.508 e. The van der Waals surface area contributed by atoms with E-state index in [1.54, 1.807) is 0 Å². The number of nitrogens with one attached hydrogen (secondary N) is 1. The van der Waals surface area contributed by atoms with Crippen LogP contribution in [0.15, 0.2) is 18.2 Å². The van der Waals surface area contributed by atoms with Crippen molar-refractivity contribution in [2.75, 3.05) is 6.54 Å². The number of aliphatic hydroxyl groups excluding tert-OH is 1. The van der Waals surface area contributed by atoms with Gasteiger partial charge in [0, 0.05) is 12.1 Å². The fourth-order valence-electron chi connectivity index (χ4n) is 2.46. The van der Waals surface area contributed by atoms with Gasteiger partial charge in [0.15, 0.2) is 0 Å². The number of aromatic hydroxyl groups is 1. The Bertz CT molecular complexity index is 389. The quantitative estimate of drug-likeness (QED) is 0.771. The number of phenolic OH excluding ortho intramolecular Hbond substituents is 1. The average molecular weight is 253 g/mol. The fraction of sp³-hybridized carbons (Fsp3) is 0.571. The zero-order valence-corrected chi connectivity index (χ0v) is 10.4. The van der Waals surface area contributed by atoms with Gasteiger partial charge in [-0.15, -0.1) is 0 Å². The first-order valence-corrected chi connectivity index (χ1v) is 6.51. The van der Waals surface area contributed by atoms with Crippen molar-refractivity contribution in [2.45, 2.75) is 38.3 Å². The standard InChI is InChI=1S/C14H20FNO2/c15-12-3-6-14(18)11(7-12)9-16-8-10-1-4-13(17)5-2-10/h3,6-7,10,13,16-18H,1-2,4-5,8-9H2. The highest BCUT2D eigenvalue weighted by molar-refractivity contribution is 5.32. The van der Waals surface area contributed by atoms with Gasteiger partial charge in [-0.25, -0.2) is 4.39 Å². The van der Waals surface area contributed by atoms with E-state index in [9.17, 15) is 14.6 Å². The molecule has 0 atom stereocenters. The zero-order valence-electron chi connectivity index (χ0n) is 10.4. The molecule has 3 nitrogen and oxygen atoms in total. The summed E-state index contributed by atoms with van der Waals surface area (Å²) in [5.74, 6) is 0.373. The van der Waals surface area contributed by atoms with Crippen molar-refractivity contribution in [3.8, 4) is 5.75 Å². The first kappa shape index (κ1) is 13.3. The maximum Gasteiger partial charge on any atom is 0.123 e. The molecule has 0 aromatic heterocycles. The summed E-state index contributed by atoms with van der Waals surface area (Å²) in [4.78, 5) is 0. The molecule has 1 aliphatic rings. The summed E-state index contributed by atoms with van der Waals surface area (Å²) in [5.41, 5.74) is 0.589. The van der Waals surface area contributed by atoms with Crippen molar-refractivity contribution in [1.82, 2.24) is 5.32 Å². The molecular weight excluding hydrogens is 233 g/mol. The van der Waals surface area contributed by atoms with Crippen molar-refractivity contribution >= 4 is 0 Å². The monoisotopic (exact) mass is 253 g/mol. The molecule has 0 amide bonds. The molecule has 3 N–H and O–H groups in total. The lowest BCUT2D eigenvalue weighted by molar-refractivity contribution is 0.108.